The van der Waals surface area contributed by atoms with E-state index >= 15 is 0 Å². The van der Waals surface area contributed by atoms with Crippen LogP contribution in [0.1, 0.15) is 65.7 Å². The fourth-order valence-electron chi connectivity index (χ4n) is 4.78. The van der Waals surface area contributed by atoms with E-state index in [4.69, 9.17) is 9.26 Å². The lowest BCUT2D eigenvalue weighted by molar-refractivity contribution is -0.890. The van der Waals surface area contributed by atoms with Gasteiger partial charge in [-0.15, -0.1) is 0 Å². The van der Waals surface area contributed by atoms with Gasteiger partial charge in [-0.25, -0.2) is 0 Å². The second-order valence-corrected chi connectivity index (χ2v) is 11.5. The molecule has 1 aromatic heterocycles. The molecule has 2 heterocycles. The number of carbonyl (C=O) groups is 2. The smallest absolute Gasteiger partial charge is 0.261 e. The van der Waals surface area contributed by atoms with E-state index in [0.717, 1.165) is 41.6 Å². The largest absolute Gasteiger partial charge is 1.00 e. The Hall–Kier alpha value is -2.19. The van der Waals surface area contributed by atoms with Crippen molar-refractivity contribution in [2.24, 2.45) is 0 Å². The predicted molar refractivity (Wildman–Crippen MR) is 148 cm³/mol. The number of hydrogen-bond acceptors (Lipinski definition) is 5. The number of aromatic nitrogens is 1. The first-order valence-corrected chi connectivity index (χ1v) is 13.8. The Morgan fingerprint density at radius 2 is 1.32 bits per heavy atom. The van der Waals surface area contributed by atoms with Crippen molar-refractivity contribution in [3.05, 3.63) is 47.7 Å². The number of benzene rings is 1. The Morgan fingerprint density at radius 1 is 0.775 bits per heavy atom. The van der Waals surface area contributed by atoms with Crippen LogP contribution in [-0.2, 0) is 0 Å². The molecular weight excluding hydrogens is 640 g/mol. The SMILES string of the molecule is C[N+](C)(CC#CCOc1ccon1)CCCCCCCC[N+](C)(C)CCCN1C(=O)c2ccccc2C1=O.[Br-].[Br-]. The first-order chi connectivity index (χ1) is 18.2. The van der Waals surface area contributed by atoms with Crippen LogP contribution in [0.5, 0.6) is 5.88 Å². The molecular formula is C30H44Br2N4O4. The number of hydrogen-bond donors (Lipinski definition) is 0. The van der Waals surface area contributed by atoms with Crippen molar-refractivity contribution < 1.29 is 61.8 Å². The third-order valence-electron chi connectivity index (χ3n) is 7.14. The summed E-state index contributed by atoms with van der Waals surface area (Å²) in [4.78, 5) is 26.5. The number of amides is 2. The van der Waals surface area contributed by atoms with Crippen LogP contribution < -0.4 is 38.7 Å². The predicted octanol–water partition coefficient (Wildman–Crippen LogP) is -1.76. The van der Waals surface area contributed by atoms with E-state index in [9.17, 15) is 9.59 Å². The Bertz CT molecular complexity index is 1080. The van der Waals surface area contributed by atoms with Gasteiger partial charge in [-0.1, -0.05) is 30.9 Å². The van der Waals surface area contributed by atoms with E-state index in [1.165, 1.54) is 49.7 Å². The number of carbonyl (C=O) groups excluding carboxylic acids is 2. The topological polar surface area (TPSA) is 72.6 Å². The van der Waals surface area contributed by atoms with Gasteiger partial charge in [0, 0.05) is 19.0 Å². The molecule has 0 spiro atoms. The van der Waals surface area contributed by atoms with Crippen LogP contribution >= 0.6 is 0 Å². The zero-order valence-corrected chi connectivity index (χ0v) is 27.5. The number of imide groups is 1. The van der Waals surface area contributed by atoms with E-state index in [-0.39, 0.29) is 45.8 Å². The lowest BCUT2D eigenvalue weighted by Crippen LogP contribution is -3.00. The van der Waals surface area contributed by atoms with Crippen molar-refractivity contribution in [3.63, 3.8) is 0 Å². The fourth-order valence-corrected chi connectivity index (χ4v) is 4.78. The van der Waals surface area contributed by atoms with Crippen LogP contribution in [0.15, 0.2) is 41.1 Å². The van der Waals surface area contributed by atoms with E-state index in [1.807, 2.05) is 12.1 Å². The molecule has 0 unspecified atom stereocenters. The minimum atomic E-state index is -0.153. The van der Waals surface area contributed by atoms with Gasteiger partial charge >= 0.3 is 0 Å². The normalized spacial score (nSPS) is 12.8. The van der Waals surface area contributed by atoms with E-state index < -0.39 is 0 Å². The summed E-state index contributed by atoms with van der Waals surface area (Å²) in [6.07, 6.45) is 9.75. The maximum atomic E-state index is 12.5. The highest BCUT2D eigenvalue weighted by molar-refractivity contribution is 6.21. The van der Waals surface area contributed by atoms with Gasteiger partial charge in [0.05, 0.1) is 59.0 Å². The maximum absolute atomic E-state index is 12.5. The number of fused-ring (bicyclic) bond motifs is 1. The van der Waals surface area contributed by atoms with Gasteiger partial charge in [-0.2, -0.15) is 0 Å². The lowest BCUT2D eigenvalue weighted by Gasteiger charge is -2.30. The Morgan fingerprint density at radius 3 is 1.90 bits per heavy atom. The van der Waals surface area contributed by atoms with Gasteiger partial charge in [-0.05, 0) is 48.9 Å². The first-order valence-electron chi connectivity index (χ1n) is 13.8. The molecule has 222 valence electrons. The van der Waals surface area contributed by atoms with Crippen LogP contribution in [0, 0.1) is 11.8 Å². The molecule has 10 heteroatoms. The van der Waals surface area contributed by atoms with Crippen molar-refractivity contribution in [1.29, 1.82) is 0 Å². The fraction of sp³-hybridized carbons (Fsp3) is 0.567. The van der Waals surface area contributed by atoms with Crippen molar-refractivity contribution in [1.82, 2.24) is 10.1 Å². The zero-order chi connectivity index (χ0) is 27.4. The van der Waals surface area contributed by atoms with Crippen LogP contribution in [0.4, 0.5) is 0 Å². The van der Waals surface area contributed by atoms with Gasteiger partial charge in [0.15, 0.2) is 6.61 Å². The Balaban J connectivity index is 0.00000400. The quantitative estimate of drug-likeness (QED) is 0.0909. The summed E-state index contributed by atoms with van der Waals surface area (Å²) in [6.45, 7) is 4.82. The monoisotopic (exact) mass is 682 g/mol. The summed E-state index contributed by atoms with van der Waals surface area (Å²) in [5, 5.41) is 3.70. The number of unbranched alkanes of at least 4 members (excludes halogenated alkanes) is 5. The molecule has 0 aliphatic carbocycles. The highest BCUT2D eigenvalue weighted by atomic mass is 79.9. The molecule has 0 atom stereocenters. The maximum Gasteiger partial charge on any atom is 0.261 e. The van der Waals surface area contributed by atoms with Gasteiger partial charge in [-0.3, -0.25) is 14.5 Å². The Labute approximate surface area is 260 Å². The average Bonchev–Trinajstić information content (AvgIpc) is 3.48. The molecule has 8 nitrogen and oxygen atoms in total. The van der Waals surface area contributed by atoms with Gasteiger partial charge in [0.1, 0.15) is 12.8 Å². The summed E-state index contributed by atoms with van der Waals surface area (Å²) in [6, 6.07) is 8.78. The minimum Gasteiger partial charge on any atom is -1.00 e. The van der Waals surface area contributed by atoms with E-state index in [0.29, 0.717) is 30.2 Å². The van der Waals surface area contributed by atoms with Crippen molar-refractivity contribution in [2.45, 2.75) is 44.9 Å². The van der Waals surface area contributed by atoms with Gasteiger partial charge in [0.25, 0.3) is 17.7 Å². The number of nitrogens with zero attached hydrogens (tertiary/aromatic N) is 4. The summed E-state index contributed by atoms with van der Waals surface area (Å²) in [7, 11) is 8.93. The molecule has 0 saturated carbocycles. The number of rotatable bonds is 16. The third-order valence-corrected chi connectivity index (χ3v) is 7.14. The molecule has 2 aromatic rings. The second kappa shape index (κ2) is 17.6. The number of halogens is 2. The zero-order valence-electron chi connectivity index (χ0n) is 24.3. The van der Waals surface area contributed by atoms with Crippen LogP contribution in [0.25, 0.3) is 0 Å². The van der Waals surface area contributed by atoms with Crippen LogP contribution in [0.2, 0.25) is 0 Å². The molecule has 40 heavy (non-hydrogen) atoms. The molecule has 1 aromatic carbocycles. The highest BCUT2D eigenvalue weighted by Crippen LogP contribution is 2.22. The summed E-state index contributed by atoms with van der Waals surface area (Å²) < 4.78 is 11.9. The minimum absolute atomic E-state index is 0. The molecule has 0 bridgehead atoms. The summed E-state index contributed by atoms with van der Waals surface area (Å²) in [5.74, 6) is 6.42. The second-order valence-electron chi connectivity index (χ2n) is 11.5. The third kappa shape index (κ3) is 11.7. The molecule has 1 aliphatic rings. The summed E-state index contributed by atoms with van der Waals surface area (Å²) in [5.41, 5.74) is 1.07. The molecule has 3 rings (SSSR count). The van der Waals surface area contributed by atoms with Crippen molar-refractivity contribution in [2.75, 3.05) is 67.5 Å². The lowest BCUT2D eigenvalue weighted by atomic mass is 10.1. The van der Waals surface area contributed by atoms with Crippen molar-refractivity contribution in [3.8, 4) is 17.7 Å². The highest BCUT2D eigenvalue weighted by Gasteiger charge is 2.34. The van der Waals surface area contributed by atoms with Gasteiger partial charge < -0.3 is 52.2 Å². The van der Waals surface area contributed by atoms with Gasteiger partial charge in [0.2, 0.25) is 0 Å². The van der Waals surface area contributed by atoms with Crippen LogP contribution in [-0.4, -0.2) is 98.4 Å². The molecule has 0 radical (unpaired) electrons. The molecule has 0 saturated heterocycles. The molecule has 1 aliphatic heterocycles. The number of ether oxygens (including phenoxy) is 1. The van der Waals surface area contributed by atoms with Crippen LogP contribution in [0.3, 0.4) is 0 Å². The van der Waals surface area contributed by atoms with Crippen molar-refractivity contribution >= 4 is 11.8 Å². The Kier molecular flexibility index (Phi) is 15.8. The molecule has 2 amide bonds. The molecule has 0 fully saturated rings. The van der Waals surface area contributed by atoms with E-state index in [1.54, 1.807) is 18.2 Å². The number of quaternary nitrogens is 2. The first kappa shape index (κ1) is 35.8. The standard InChI is InChI=1S/C30H44N4O4.2BrH/c1-33(2,22-13-14-24-37-28-18-25-38-31-28)20-11-7-5-6-8-12-21-34(3,4)23-15-19-32-29(35)26-16-9-10-17-27(26)30(32)36;;/h9-10,16-18,25H,5-8,11-12,15,19-24H2,1-4H3;2*1H/q+2;;/p-2. The van der Waals surface area contributed by atoms with E-state index in [2.05, 4.69) is 45.2 Å². The average molecular weight is 685 g/mol. The molecule has 0 N–H and O–H groups in total. The summed E-state index contributed by atoms with van der Waals surface area (Å²) >= 11 is 0.